The summed E-state index contributed by atoms with van der Waals surface area (Å²) in [5, 5.41) is 21.4. The molecule has 0 atom stereocenters. The monoisotopic (exact) mass is 725 g/mol. The van der Waals surface area contributed by atoms with Crippen molar-refractivity contribution < 1.29 is 0 Å². The van der Waals surface area contributed by atoms with Crippen LogP contribution in [0.5, 0.6) is 0 Å². The maximum Gasteiger partial charge on any atom is 0.188 e. The van der Waals surface area contributed by atoms with Crippen LogP contribution in [0.1, 0.15) is 11.1 Å². The molecule has 9 aromatic rings. The van der Waals surface area contributed by atoms with Crippen LogP contribution in [-0.4, -0.2) is 14.5 Å². The van der Waals surface area contributed by atoms with Crippen molar-refractivity contribution >= 4 is 33.2 Å². The Morgan fingerprint density at radius 2 is 0.947 bits per heavy atom. The number of rotatable bonds is 6. The second-order valence-electron chi connectivity index (χ2n) is 13.5. The molecule has 0 saturated carbocycles. The van der Waals surface area contributed by atoms with E-state index in [-0.39, 0.29) is 0 Å². The van der Waals surface area contributed by atoms with E-state index < -0.39 is 0 Å². The Morgan fingerprint density at radius 1 is 0.456 bits per heavy atom. The van der Waals surface area contributed by atoms with Crippen LogP contribution in [-0.2, 0) is 0 Å². The summed E-state index contributed by atoms with van der Waals surface area (Å²) in [6, 6.07) is 57.1. The molecule has 0 aliphatic rings. The van der Waals surface area contributed by atoms with Gasteiger partial charge in [-0.15, -0.1) is 0 Å². The zero-order chi connectivity index (χ0) is 38.9. The molecule has 262 valence electrons. The number of fused-ring (bicyclic) bond motifs is 3. The van der Waals surface area contributed by atoms with Gasteiger partial charge in [-0.25, -0.2) is 19.7 Å². The maximum absolute atomic E-state index is 9.93. The quantitative estimate of drug-likeness (QED) is 0.160. The molecule has 0 fully saturated rings. The van der Waals surface area contributed by atoms with Crippen molar-refractivity contribution in [2.24, 2.45) is 0 Å². The van der Waals surface area contributed by atoms with Gasteiger partial charge in [-0.1, -0.05) is 103 Å². The fraction of sp³-hybridized carbons (Fsp3) is 0. The van der Waals surface area contributed by atoms with Gasteiger partial charge in [0.2, 0.25) is 0 Å². The minimum absolute atomic E-state index is 0.492. The lowest BCUT2D eigenvalue weighted by atomic mass is 9.92. The smallest absolute Gasteiger partial charge is 0.188 e. The third kappa shape index (κ3) is 6.21. The zero-order valence-corrected chi connectivity index (χ0v) is 30.2. The van der Waals surface area contributed by atoms with Gasteiger partial charge in [0.05, 0.1) is 64.5 Å². The normalized spacial score (nSPS) is 10.7. The second kappa shape index (κ2) is 14.3. The van der Waals surface area contributed by atoms with Crippen LogP contribution in [0, 0.1) is 35.8 Å². The van der Waals surface area contributed by atoms with Crippen molar-refractivity contribution in [2.75, 3.05) is 0 Å². The van der Waals surface area contributed by atoms with Crippen molar-refractivity contribution in [1.82, 2.24) is 14.5 Å². The van der Waals surface area contributed by atoms with E-state index in [2.05, 4.69) is 38.5 Å². The molecule has 0 N–H and O–H groups in total. The Balaban J connectivity index is 1.43. The zero-order valence-electron chi connectivity index (χ0n) is 30.2. The maximum atomic E-state index is 9.93. The summed E-state index contributed by atoms with van der Waals surface area (Å²) in [6.07, 6.45) is 0. The predicted octanol–water partition coefficient (Wildman–Crippen LogP) is 12.8. The van der Waals surface area contributed by atoms with Crippen LogP contribution in [0.4, 0.5) is 11.4 Å². The Morgan fingerprint density at radius 3 is 1.49 bits per heavy atom. The minimum atomic E-state index is 0.492. The average Bonchev–Trinajstić information content (AvgIpc) is 3.61. The molecule has 0 radical (unpaired) electrons. The molecule has 7 heteroatoms. The summed E-state index contributed by atoms with van der Waals surface area (Å²) in [4.78, 5) is 17.8. The lowest BCUT2D eigenvalue weighted by Crippen LogP contribution is -2.03. The number of nitrogens with zero attached hydrogens (tertiary/aromatic N) is 7. The fourth-order valence-electron chi connectivity index (χ4n) is 7.37. The van der Waals surface area contributed by atoms with E-state index in [1.165, 1.54) is 0 Å². The van der Waals surface area contributed by atoms with Crippen molar-refractivity contribution in [2.45, 2.75) is 0 Å². The molecule has 0 saturated heterocycles. The van der Waals surface area contributed by atoms with E-state index in [1.807, 2.05) is 152 Å². The van der Waals surface area contributed by atoms with Gasteiger partial charge in [0.25, 0.3) is 0 Å². The van der Waals surface area contributed by atoms with Gasteiger partial charge < -0.3 is 4.57 Å². The first-order valence-electron chi connectivity index (χ1n) is 18.1. The summed E-state index contributed by atoms with van der Waals surface area (Å²) in [6.45, 7) is 15.5. The highest BCUT2D eigenvalue weighted by atomic mass is 15.0. The molecule has 57 heavy (non-hydrogen) atoms. The predicted molar refractivity (Wildman–Crippen MR) is 226 cm³/mol. The van der Waals surface area contributed by atoms with Crippen molar-refractivity contribution in [3.05, 3.63) is 198 Å². The highest BCUT2D eigenvalue weighted by Crippen LogP contribution is 2.45. The van der Waals surface area contributed by atoms with Crippen LogP contribution in [0.25, 0.3) is 93.3 Å². The van der Waals surface area contributed by atoms with Crippen LogP contribution in [0.15, 0.2) is 164 Å². The summed E-state index contributed by atoms with van der Waals surface area (Å²) in [7, 11) is 0. The molecule has 0 bridgehead atoms. The van der Waals surface area contributed by atoms with Gasteiger partial charge in [0, 0.05) is 33.2 Å². The number of aromatic nitrogens is 3. The Labute approximate surface area is 328 Å². The molecule has 0 spiro atoms. The first-order valence-corrected chi connectivity index (χ1v) is 18.1. The molecule has 7 aromatic carbocycles. The fourth-order valence-corrected chi connectivity index (χ4v) is 7.37. The van der Waals surface area contributed by atoms with Gasteiger partial charge in [-0.2, -0.15) is 10.5 Å². The van der Waals surface area contributed by atoms with E-state index >= 15 is 0 Å². The molecular weight excluding hydrogens is 699 g/mol. The van der Waals surface area contributed by atoms with Crippen LogP contribution >= 0.6 is 0 Å². The summed E-state index contributed by atoms with van der Waals surface area (Å²) in [5.41, 5.74) is 12.2. The number of nitriles is 2. The molecule has 9 rings (SSSR count). The average molecular weight is 726 g/mol. The molecule has 0 unspecified atom stereocenters. The topological polar surface area (TPSA) is 87.0 Å². The largest absolute Gasteiger partial charge is 0.308 e. The molecule has 2 aromatic heterocycles. The highest BCUT2D eigenvalue weighted by Gasteiger charge is 2.23. The summed E-state index contributed by atoms with van der Waals surface area (Å²) < 4.78 is 2.19. The van der Waals surface area contributed by atoms with Crippen LogP contribution in [0.2, 0.25) is 0 Å². The third-order valence-electron chi connectivity index (χ3n) is 10.1. The Bertz CT molecular complexity index is 2980. The number of hydrogen-bond donors (Lipinski definition) is 0. The van der Waals surface area contributed by atoms with Gasteiger partial charge in [-0.3, -0.25) is 0 Å². The lowest BCUT2D eigenvalue weighted by Gasteiger charge is -2.21. The van der Waals surface area contributed by atoms with Crippen molar-refractivity contribution in [3.8, 4) is 74.0 Å². The molecule has 2 heterocycles. The van der Waals surface area contributed by atoms with E-state index in [4.69, 9.17) is 23.1 Å². The van der Waals surface area contributed by atoms with Crippen LogP contribution in [0.3, 0.4) is 0 Å². The minimum Gasteiger partial charge on any atom is -0.308 e. The SMILES string of the molecule is [C-]#[N+]c1ccc(-c2cc(-c3nc(-c4ccccc4)cc(-c4ccccc4)n3)cc(-c3ccc(C#N)cc3)c2-n2c3ccc(C#N)cc3c3cc([N+]#[C-])ccc32)cc1. The summed E-state index contributed by atoms with van der Waals surface area (Å²) in [5.74, 6) is 0.526. The molecular formula is C50H27N7. The number of benzene rings is 7. The van der Waals surface area contributed by atoms with Gasteiger partial charge in [0.1, 0.15) is 0 Å². The Hall–Kier alpha value is -8.62. The van der Waals surface area contributed by atoms with E-state index in [0.717, 1.165) is 77.8 Å². The van der Waals surface area contributed by atoms with Crippen LogP contribution < -0.4 is 0 Å². The Kier molecular flexibility index (Phi) is 8.58. The third-order valence-corrected chi connectivity index (χ3v) is 10.1. The van der Waals surface area contributed by atoms with E-state index in [9.17, 15) is 10.5 Å². The van der Waals surface area contributed by atoms with Crippen molar-refractivity contribution in [1.29, 1.82) is 10.5 Å². The summed E-state index contributed by atoms with van der Waals surface area (Å²) >= 11 is 0. The first-order chi connectivity index (χ1) is 28.0. The molecule has 0 aliphatic heterocycles. The van der Waals surface area contributed by atoms with Gasteiger partial charge in [0.15, 0.2) is 17.2 Å². The van der Waals surface area contributed by atoms with Gasteiger partial charge in [-0.05, 0) is 77.2 Å². The van der Waals surface area contributed by atoms with E-state index in [0.29, 0.717) is 28.3 Å². The highest BCUT2D eigenvalue weighted by molar-refractivity contribution is 6.12. The van der Waals surface area contributed by atoms with Crippen molar-refractivity contribution in [3.63, 3.8) is 0 Å². The lowest BCUT2D eigenvalue weighted by molar-refractivity contribution is 1.17. The molecule has 0 aliphatic carbocycles. The standard InChI is InChI=1S/C50H27N7/c1-53-39-20-18-35(19-21-39)42-27-38(50-55-45(36-9-5-3-6-10-36)29-46(56-50)37-11-7-4-8-12-37)26-41(34-16-13-32(30-51)14-17-34)49(42)57-47-23-15-33(31-52)25-43(47)44-28-40(54-2)22-24-48(44)57/h3-29H. The second-order valence-corrected chi connectivity index (χ2v) is 13.5. The van der Waals surface area contributed by atoms with Gasteiger partial charge >= 0.3 is 0 Å². The number of hydrogen-bond acceptors (Lipinski definition) is 4. The molecule has 7 nitrogen and oxygen atoms in total. The van der Waals surface area contributed by atoms with E-state index in [1.54, 1.807) is 0 Å². The first kappa shape index (κ1) is 34.2. The molecule has 0 amide bonds.